The Hall–Kier alpha value is -1.68. The number of guanidine groups is 1. The monoisotopic (exact) mass is 493 g/mol. The van der Waals surface area contributed by atoms with Crippen LogP contribution in [0.4, 0.5) is 8.78 Å². The summed E-state index contributed by atoms with van der Waals surface area (Å²) in [5, 5.41) is 16.7. The van der Waals surface area contributed by atoms with Crippen LogP contribution < -0.4 is 10.6 Å². The molecule has 8 heteroatoms. The maximum atomic E-state index is 13.4. The van der Waals surface area contributed by atoms with Crippen molar-refractivity contribution in [3.05, 3.63) is 59.6 Å². The van der Waals surface area contributed by atoms with Crippen molar-refractivity contribution in [1.29, 1.82) is 0 Å². The van der Waals surface area contributed by atoms with Gasteiger partial charge in [0.1, 0.15) is 11.4 Å². The first-order chi connectivity index (χ1) is 12.3. The molecular weight excluding hydrogens is 467 g/mol. The summed E-state index contributed by atoms with van der Waals surface area (Å²) in [6.07, 6.45) is 1.50. The highest BCUT2D eigenvalue weighted by Crippen LogP contribution is 2.21. The van der Waals surface area contributed by atoms with Crippen LogP contribution in [0.5, 0.6) is 0 Å². The van der Waals surface area contributed by atoms with Crippen molar-refractivity contribution < 1.29 is 18.3 Å². The predicted octanol–water partition coefficient (Wildman–Crippen LogP) is 3.74. The lowest BCUT2D eigenvalue weighted by molar-refractivity contribution is 0.0437. The zero-order valence-electron chi connectivity index (χ0n) is 15.6. The summed E-state index contributed by atoms with van der Waals surface area (Å²) >= 11 is 0. The third-order valence-corrected chi connectivity index (χ3v) is 4.03. The third-order valence-electron chi connectivity index (χ3n) is 4.03. The molecule has 0 bridgehead atoms. The fourth-order valence-corrected chi connectivity index (χ4v) is 2.42. The zero-order valence-corrected chi connectivity index (χ0v) is 18.0. The summed E-state index contributed by atoms with van der Waals surface area (Å²) in [6, 6.07) is 7.30. The molecular formula is C19H26F2IN3O2. The molecule has 0 aliphatic rings. The average Bonchev–Trinajstić information content (AvgIpc) is 3.15. The Morgan fingerprint density at radius 1 is 1.26 bits per heavy atom. The number of nitrogens with one attached hydrogen (secondary N) is 2. The van der Waals surface area contributed by atoms with Crippen molar-refractivity contribution in [3.8, 4) is 0 Å². The Labute approximate surface area is 175 Å². The average molecular weight is 493 g/mol. The second-order valence-corrected chi connectivity index (χ2v) is 6.40. The van der Waals surface area contributed by atoms with Crippen molar-refractivity contribution >= 4 is 29.9 Å². The number of nitrogens with zero attached hydrogens (tertiary/aromatic N) is 1. The van der Waals surface area contributed by atoms with Gasteiger partial charge in [0, 0.05) is 13.1 Å². The summed E-state index contributed by atoms with van der Waals surface area (Å²) in [7, 11) is 0. The number of aliphatic imine (C=N–C) groups is 1. The van der Waals surface area contributed by atoms with Crippen LogP contribution in [0.1, 0.15) is 38.0 Å². The first-order valence-electron chi connectivity index (χ1n) is 8.57. The maximum absolute atomic E-state index is 13.4. The molecule has 0 aliphatic heterocycles. The first kappa shape index (κ1) is 23.4. The number of aliphatic hydroxyl groups is 1. The van der Waals surface area contributed by atoms with Gasteiger partial charge in [0.05, 0.1) is 12.8 Å². The second-order valence-electron chi connectivity index (χ2n) is 6.40. The highest BCUT2D eigenvalue weighted by Gasteiger charge is 2.26. The van der Waals surface area contributed by atoms with E-state index in [1.807, 2.05) is 13.8 Å². The van der Waals surface area contributed by atoms with Crippen LogP contribution >= 0.6 is 24.0 Å². The fourth-order valence-electron chi connectivity index (χ4n) is 2.42. The Kier molecular flexibility index (Phi) is 9.17. The lowest BCUT2D eigenvalue weighted by Gasteiger charge is -2.20. The minimum Gasteiger partial charge on any atom is -0.466 e. The van der Waals surface area contributed by atoms with E-state index in [1.165, 1.54) is 12.3 Å². The van der Waals surface area contributed by atoms with E-state index >= 15 is 0 Å². The molecule has 1 aromatic heterocycles. The molecule has 150 valence electrons. The van der Waals surface area contributed by atoms with E-state index in [9.17, 15) is 13.9 Å². The molecule has 5 nitrogen and oxygen atoms in total. The molecule has 2 atom stereocenters. The van der Waals surface area contributed by atoms with E-state index < -0.39 is 17.2 Å². The molecule has 2 aromatic rings. The third kappa shape index (κ3) is 6.76. The molecule has 0 fully saturated rings. The second kappa shape index (κ2) is 10.6. The normalized spacial score (nSPS) is 14.8. The van der Waals surface area contributed by atoms with Crippen molar-refractivity contribution in [1.82, 2.24) is 10.6 Å². The van der Waals surface area contributed by atoms with Crippen LogP contribution in [-0.2, 0) is 5.60 Å². The van der Waals surface area contributed by atoms with Gasteiger partial charge in [-0.25, -0.2) is 13.8 Å². The molecule has 3 N–H and O–H groups in total. The van der Waals surface area contributed by atoms with Gasteiger partial charge < -0.3 is 20.2 Å². The summed E-state index contributed by atoms with van der Waals surface area (Å²) in [6.45, 7) is 6.69. The standard InChI is InChI=1S/C19H25F2N3O2.HI/c1-4-22-18(24-12-19(3,25)17-6-5-9-26-17)23-11-13(2)14-7-8-15(20)16(21)10-14;/h5-10,13,25H,4,11-12H2,1-3H3,(H2,22,23,24);1H. The smallest absolute Gasteiger partial charge is 0.191 e. The lowest BCUT2D eigenvalue weighted by atomic mass is 10.0. The molecule has 27 heavy (non-hydrogen) atoms. The van der Waals surface area contributed by atoms with Gasteiger partial charge in [0.25, 0.3) is 0 Å². The fraction of sp³-hybridized carbons (Fsp3) is 0.421. The number of halogens is 3. The van der Waals surface area contributed by atoms with E-state index in [1.54, 1.807) is 25.1 Å². The topological polar surface area (TPSA) is 69.8 Å². The van der Waals surface area contributed by atoms with E-state index in [2.05, 4.69) is 15.6 Å². The largest absolute Gasteiger partial charge is 0.466 e. The molecule has 1 aromatic carbocycles. The van der Waals surface area contributed by atoms with E-state index in [-0.39, 0.29) is 36.4 Å². The Morgan fingerprint density at radius 2 is 2.00 bits per heavy atom. The Morgan fingerprint density at radius 3 is 2.59 bits per heavy atom. The Bertz CT molecular complexity index is 737. The van der Waals surface area contributed by atoms with Gasteiger partial charge in [-0.2, -0.15) is 0 Å². The van der Waals surface area contributed by atoms with Gasteiger partial charge in [-0.05, 0) is 49.6 Å². The van der Waals surface area contributed by atoms with Crippen LogP contribution in [-0.4, -0.2) is 30.7 Å². The van der Waals surface area contributed by atoms with Gasteiger partial charge in [-0.3, -0.25) is 0 Å². The van der Waals surface area contributed by atoms with Crippen molar-refractivity contribution in [2.45, 2.75) is 32.3 Å². The number of rotatable bonds is 7. The van der Waals surface area contributed by atoms with Crippen LogP contribution in [0.3, 0.4) is 0 Å². The number of hydrogen-bond donors (Lipinski definition) is 3. The van der Waals surface area contributed by atoms with E-state index in [0.717, 1.165) is 6.07 Å². The minimum atomic E-state index is -1.22. The number of hydrogen-bond acceptors (Lipinski definition) is 3. The number of furan rings is 1. The summed E-state index contributed by atoms with van der Waals surface area (Å²) < 4.78 is 31.7. The molecule has 0 spiro atoms. The highest BCUT2D eigenvalue weighted by atomic mass is 127. The van der Waals surface area contributed by atoms with Crippen LogP contribution in [0.2, 0.25) is 0 Å². The SMILES string of the molecule is CCNC(=NCC(C)(O)c1ccco1)NCC(C)c1ccc(F)c(F)c1.I. The van der Waals surface area contributed by atoms with Crippen molar-refractivity contribution in [3.63, 3.8) is 0 Å². The quantitative estimate of drug-likeness (QED) is 0.313. The first-order valence-corrected chi connectivity index (χ1v) is 8.57. The molecule has 0 saturated heterocycles. The summed E-state index contributed by atoms with van der Waals surface area (Å²) in [5.41, 5.74) is -0.535. The van der Waals surface area contributed by atoms with E-state index in [4.69, 9.17) is 4.42 Å². The van der Waals surface area contributed by atoms with Crippen molar-refractivity contribution in [2.75, 3.05) is 19.6 Å². The van der Waals surface area contributed by atoms with Gasteiger partial charge in [0.15, 0.2) is 17.6 Å². The molecule has 0 saturated carbocycles. The van der Waals surface area contributed by atoms with Gasteiger partial charge in [-0.1, -0.05) is 13.0 Å². The summed E-state index contributed by atoms with van der Waals surface area (Å²) in [4.78, 5) is 4.39. The van der Waals surface area contributed by atoms with Gasteiger partial charge >= 0.3 is 0 Å². The number of benzene rings is 1. The predicted molar refractivity (Wildman–Crippen MR) is 112 cm³/mol. The van der Waals surface area contributed by atoms with Crippen LogP contribution in [0, 0.1) is 11.6 Å². The molecule has 0 amide bonds. The zero-order chi connectivity index (χ0) is 19.2. The van der Waals surface area contributed by atoms with Crippen LogP contribution in [0.15, 0.2) is 46.0 Å². The van der Waals surface area contributed by atoms with Crippen LogP contribution in [0.25, 0.3) is 0 Å². The van der Waals surface area contributed by atoms with Gasteiger partial charge in [-0.15, -0.1) is 24.0 Å². The van der Waals surface area contributed by atoms with Gasteiger partial charge in [0.2, 0.25) is 0 Å². The minimum absolute atomic E-state index is 0. The molecule has 0 aliphatic carbocycles. The molecule has 1 heterocycles. The molecule has 2 rings (SSSR count). The highest BCUT2D eigenvalue weighted by molar-refractivity contribution is 14.0. The summed E-state index contributed by atoms with van der Waals surface area (Å²) in [5.74, 6) is -0.811. The van der Waals surface area contributed by atoms with E-state index in [0.29, 0.717) is 30.4 Å². The molecule has 0 radical (unpaired) electrons. The Balaban J connectivity index is 0.00000364. The molecule has 2 unspecified atom stereocenters. The van der Waals surface area contributed by atoms with Crippen molar-refractivity contribution in [2.24, 2.45) is 4.99 Å². The lowest BCUT2D eigenvalue weighted by Crippen LogP contribution is -2.40. The maximum Gasteiger partial charge on any atom is 0.191 e.